The molecule has 0 radical (unpaired) electrons. The van der Waals surface area contributed by atoms with Crippen LogP contribution in [0.5, 0.6) is 0 Å². The number of hydrogen-bond acceptors (Lipinski definition) is 7. The molecule has 3 N–H and O–H groups in total. The van der Waals surface area contributed by atoms with E-state index in [0.29, 0.717) is 5.75 Å². The second kappa shape index (κ2) is 7.67. The van der Waals surface area contributed by atoms with Crippen LogP contribution in [0.15, 0.2) is 35.7 Å². The van der Waals surface area contributed by atoms with Gasteiger partial charge in [-0.25, -0.2) is 5.43 Å². The average Bonchev–Trinajstić information content (AvgIpc) is 3.25. The Hall–Kier alpha value is -2.19. The van der Waals surface area contributed by atoms with Crippen molar-refractivity contribution in [3.05, 3.63) is 47.3 Å². The first-order valence-corrected chi connectivity index (χ1v) is 10.7. The zero-order valence-electron chi connectivity index (χ0n) is 16.8. The van der Waals surface area contributed by atoms with Crippen LogP contribution in [0.2, 0.25) is 0 Å². The lowest BCUT2D eigenvalue weighted by molar-refractivity contribution is -0.119. The Labute approximate surface area is 170 Å². The smallest absolute Gasteiger partial charge is 0.230 e. The normalized spacial score (nSPS) is 25.5. The number of amides is 1. The highest BCUT2D eigenvalue weighted by Gasteiger charge is 2.44. The predicted molar refractivity (Wildman–Crippen MR) is 113 cm³/mol. The van der Waals surface area contributed by atoms with E-state index in [9.17, 15) is 4.79 Å². The number of rotatable bonds is 4. The molecule has 0 spiro atoms. The number of thioether (sulfide) groups is 1. The van der Waals surface area contributed by atoms with Crippen molar-refractivity contribution in [1.29, 1.82) is 0 Å². The molecule has 1 fully saturated rings. The molecule has 1 aromatic rings. The number of fused-ring (bicyclic) bond motifs is 3. The Morgan fingerprint density at radius 1 is 1.32 bits per heavy atom. The average molecular weight is 401 g/mol. The monoisotopic (exact) mass is 400 g/mol. The molecule has 1 amide bonds. The lowest BCUT2D eigenvalue weighted by atomic mass is 9.97. The number of aryl methyl sites for hydroxylation is 2. The van der Waals surface area contributed by atoms with Crippen LogP contribution in [0.1, 0.15) is 43.0 Å². The van der Waals surface area contributed by atoms with E-state index in [1.54, 1.807) is 0 Å². The zero-order chi connectivity index (χ0) is 19.8. The molecule has 0 saturated carbocycles. The van der Waals surface area contributed by atoms with Crippen LogP contribution in [0.4, 0.5) is 0 Å². The van der Waals surface area contributed by atoms with Gasteiger partial charge in [-0.1, -0.05) is 30.0 Å². The maximum atomic E-state index is 11.9. The van der Waals surface area contributed by atoms with Crippen LogP contribution >= 0.6 is 11.8 Å². The van der Waals surface area contributed by atoms with Crippen molar-refractivity contribution in [3.8, 4) is 0 Å². The third-order valence-corrected chi connectivity index (χ3v) is 6.39. The van der Waals surface area contributed by atoms with Gasteiger partial charge in [0.05, 0.1) is 17.8 Å². The van der Waals surface area contributed by atoms with Gasteiger partial charge in [0.2, 0.25) is 5.91 Å². The molecule has 0 aliphatic carbocycles. The quantitative estimate of drug-likeness (QED) is 0.720. The first-order chi connectivity index (χ1) is 13.4. The lowest BCUT2D eigenvalue weighted by Crippen LogP contribution is -2.54. The minimum absolute atomic E-state index is 0.0334. The molecule has 4 rings (SSSR count). The van der Waals surface area contributed by atoms with Gasteiger partial charge < -0.3 is 15.2 Å². The van der Waals surface area contributed by atoms with E-state index in [4.69, 9.17) is 0 Å². The van der Waals surface area contributed by atoms with Crippen molar-refractivity contribution in [2.24, 2.45) is 5.10 Å². The van der Waals surface area contributed by atoms with Crippen LogP contribution in [0.3, 0.4) is 0 Å². The second-order valence-corrected chi connectivity index (χ2v) is 8.86. The van der Waals surface area contributed by atoms with E-state index in [1.807, 2.05) is 20.0 Å². The summed E-state index contributed by atoms with van der Waals surface area (Å²) in [5.74, 6) is 0.402. The minimum Gasteiger partial charge on any atom is -0.353 e. The molecular formula is C20H28N6OS. The highest BCUT2D eigenvalue weighted by Crippen LogP contribution is 2.35. The van der Waals surface area contributed by atoms with Crippen molar-refractivity contribution in [3.63, 3.8) is 0 Å². The minimum atomic E-state index is 0.0334. The summed E-state index contributed by atoms with van der Waals surface area (Å²) < 4.78 is 0. The molecule has 150 valence electrons. The number of nitrogens with one attached hydrogen (secondary N) is 3. The van der Waals surface area contributed by atoms with Crippen molar-refractivity contribution in [2.75, 3.05) is 5.75 Å². The van der Waals surface area contributed by atoms with E-state index >= 15 is 0 Å². The summed E-state index contributed by atoms with van der Waals surface area (Å²) in [5, 5.41) is 10.4. The first-order valence-electron chi connectivity index (χ1n) is 9.76. The van der Waals surface area contributed by atoms with E-state index in [0.717, 1.165) is 11.6 Å². The van der Waals surface area contributed by atoms with Crippen molar-refractivity contribution < 1.29 is 4.79 Å². The number of hydrazone groups is 1. The molecule has 3 unspecified atom stereocenters. The largest absolute Gasteiger partial charge is 0.353 e. The summed E-state index contributed by atoms with van der Waals surface area (Å²) in [6.45, 7) is 8.24. The summed E-state index contributed by atoms with van der Waals surface area (Å²) in [5.41, 5.74) is 10.8. The van der Waals surface area contributed by atoms with Crippen molar-refractivity contribution in [1.82, 2.24) is 26.1 Å². The highest BCUT2D eigenvalue weighted by atomic mass is 32.2. The second-order valence-electron chi connectivity index (χ2n) is 7.92. The third kappa shape index (κ3) is 3.71. The van der Waals surface area contributed by atoms with Crippen LogP contribution in [0.25, 0.3) is 0 Å². The Kier molecular flexibility index (Phi) is 5.25. The van der Waals surface area contributed by atoms with Crippen molar-refractivity contribution in [2.45, 2.75) is 58.4 Å². The molecule has 28 heavy (non-hydrogen) atoms. The van der Waals surface area contributed by atoms with Crippen LogP contribution < -0.4 is 16.2 Å². The Morgan fingerprint density at radius 3 is 2.89 bits per heavy atom. The molecule has 3 heterocycles. The van der Waals surface area contributed by atoms with Gasteiger partial charge in [-0.3, -0.25) is 10.2 Å². The van der Waals surface area contributed by atoms with Gasteiger partial charge in [-0.05, 0) is 50.8 Å². The molecule has 3 aliphatic heterocycles. The molecule has 3 atom stereocenters. The van der Waals surface area contributed by atoms with Gasteiger partial charge in [0.1, 0.15) is 6.17 Å². The SMILES string of the molecule is Cc1ccc(C2CC3C4NN=C(SCC(=O)NC(C)C)N4C=CN3N2)cc1C. The van der Waals surface area contributed by atoms with Gasteiger partial charge in [0.25, 0.3) is 0 Å². The van der Waals surface area contributed by atoms with E-state index in [2.05, 4.69) is 69.4 Å². The number of carbonyl (C=O) groups is 1. The number of benzene rings is 1. The van der Waals surface area contributed by atoms with Crippen LogP contribution in [-0.2, 0) is 4.79 Å². The summed E-state index contributed by atoms with van der Waals surface area (Å²) in [4.78, 5) is 14.1. The molecule has 7 nitrogen and oxygen atoms in total. The number of hydrogen-bond donors (Lipinski definition) is 3. The number of hydrazine groups is 1. The molecule has 8 heteroatoms. The maximum absolute atomic E-state index is 11.9. The fourth-order valence-electron chi connectivity index (χ4n) is 3.84. The number of amidine groups is 1. The standard InChI is InChI=1S/C20H28N6OS/c1-12(2)21-18(27)11-28-20-23-22-19-17-10-16(24-26(17)8-7-25(19)20)15-6-5-13(3)14(4)9-15/h5-9,12,16-17,19,22,24H,10-11H2,1-4H3,(H,21,27). The topological polar surface area (TPSA) is 72.0 Å². The fourth-order valence-corrected chi connectivity index (χ4v) is 4.63. The molecular weight excluding hydrogens is 372 g/mol. The summed E-state index contributed by atoms with van der Waals surface area (Å²) in [6.07, 6.45) is 5.16. The molecule has 3 aliphatic rings. The lowest BCUT2D eigenvalue weighted by Gasteiger charge is -2.36. The predicted octanol–water partition coefficient (Wildman–Crippen LogP) is 2.17. The maximum Gasteiger partial charge on any atom is 0.230 e. The van der Waals surface area contributed by atoms with Gasteiger partial charge in [0, 0.05) is 18.4 Å². The molecule has 0 bridgehead atoms. The van der Waals surface area contributed by atoms with Gasteiger partial charge in [0.15, 0.2) is 5.17 Å². The molecule has 1 aromatic carbocycles. The Bertz CT molecular complexity index is 823. The third-order valence-electron chi connectivity index (χ3n) is 5.42. The van der Waals surface area contributed by atoms with Gasteiger partial charge >= 0.3 is 0 Å². The number of nitrogens with zero attached hydrogens (tertiary/aromatic N) is 3. The number of carbonyl (C=O) groups excluding carboxylic acids is 1. The molecule has 0 aromatic heterocycles. The van der Waals surface area contributed by atoms with Crippen LogP contribution in [0, 0.1) is 13.8 Å². The zero-order valence-corrected chi connectivity index (χ0v) is 17.6. The first kappa shape index (κ1) is 19.1. The molecule has 1 saturated heterocycles. The Morgan fingerprint density at radius 2 is 2.14 bits per heavy atom. The van der Waals surface area contributed by atoms with Gasteiger partial charge in [-0.2, -0.15) is 5.10 Å². The van der Waals surface area contributed by atoms with E-state index < -0.39 is 0 Å². The summed E-state index contributed by atoms with van der Waals surface area (Å²) >= 11 is 1.47. The Balaban J connectivity index is 1.40. The van der Waals surface area contributed by atoms with E-state index in [1.165, 1.54) is 28.5 Å². The highest BCUT2D eigenvalue weighted by molar-refractivity contribution is 8.14. The summed E-state index contributed by atoms with van der Waals surface area (Å²) in [6, 6.07) is 7.39. The fraction of sp³-hybridized carbons (Fsp3) is 0.500. The van der Waals surface area contributed by atoms with Gasteiger partial charge in [-0.15, -0.1) is 0 Å². The van der Waals surface area contributed by atoms with E-state index in [-0.39, 0.29) is 30.2 Å². The van der Waals surface area contributed by atoms with Crippen LogP contribution in [-0.4, -0.2) is 45.0 Å². The van der Waals surface area contributed by atoms with Crippen molar-refractivity contribution >= 4 is 22.8 Å². The summed E-state index contributed by atoms with van der Waals surface area (Å²) in [7, 11) is 0.